The van der Waals surface area contributed by atoms with E-state index < -0.39 is 23.2 Å². The van der Waals surface area contributed by atoms with Crippen molar-refractivity contribution in [3.05, 3.63) is 64.2 Å². The largest absolute Gasteiger partial charge is 0.478 e. The second-order valence-electron chi connectivity index (χ2n) is 4.51. The molecule has 1 unspecified atom stereocenters. The van der Waals surface area contributed by atoms with Crippen molar-refractivity contribution in [3.8, 4) is 0 Å². The quantitative estimate of drug-likeness (QED) is 0.874. The van der Waals surface area contributed by atoms with E-state index in [-0.39, 0.29) is 11.7 Å². The molecule has 3 nitrogen and oxygen atoms in total. The highest BCUT2D eigenvalue weighted by molar-refractivity contribution is 6.30. The van der Waals surface area contributed by atoms with Crippen LogP contribution in [0.5, 0.6) is 0 Å². The van der Waals surface area contributed by atoms with E-state index >= 15 is 0 Å². The van der Waals surface area contributed by atoms with Gasteiger partial charge < -0.3 is 10.4 Å². The van der Waals surface area contributed by atoms with Crippen LogP contribution in [0.1, 0.15) is 28.9 Å². The van der Waals surface area contributed by atoms with E-state index in [0.717, 1.165) is 11.6 Å². The van der Waals surface area contributed by atoms with Crippen LogP contribution in [0.15, 0.2) is 36.4 Å². The predicted molar refractivity (Wildman–Crippen MR) is 76.8 cm³/mol. The lowest BCUT2D eigenvalue weighted by Gasteiger charge is -2.17. The zero-order chi connectivity index (χ0) is 15.6. The van der Waals surface area contributed by atoms with Crippen LogP contribution >= 0.6 is 11.6 Å². The highest BCUT2D eigenvalue weighted by Gasteiger charge is 2.19. The lowest BCUT2D eigenvalue weighted by molar-refractivity contribution is 0.0690. The minimum absolute atomic E-state index is 0.107. The van der Waals surface area contributed by atoms with Crippen molar-refractivity contribution in [2.45, 2.75) is 13.0 Å². The van der Waals surface area contributed by atoms with Crippen molar-refractivity contribution in [1.82, 2.24) is 0 Å². The molecule has 0 aromatic heterocycles. The Morgan fingerprint density at radius 1 is 1.24 bits per heavy atom. The maximum atomic E-state index is 13.9. The average Bonchev–Trinajstić information content (AvgIpc) is 2.43. The molecule has 0 bridgehead atoms. The molecule has 21 heavy (non-hydrogen) atoms. The van der Waals surface area contributed by atoms with Crippen molar-refractivity contribution in [1.29, 1.82) is 0 Å². The fourth-order valence-corrected chi connectivity index (χ4v) is 2.12. The molecule has 2 aromatic carbocycles. The number of hydrogen-bond acceptors (Lipinski definition) is 2. The molecule has 2 aromatic rings. The standard InChI is InChI=1S/C15H12ClF2NO2/c1-8(9-3-2-4-10(16)7-9)19-12-6-5-11(15(20)21)13(17)14(12)18/h2-8,19H,1H3,(H,20,21). The Hall–Kier alpha value is -2.14. The number of halogens is 3. The van der Waals surface area contributed by atoms with Crippen molar-refractivity contribution in [2.75, 3.05) is 5.32 Å². The first kappa shape index (κ1) is 15.3. The highest BCUT2D eigenvalue weighted by atomic mass is 35.5. The number of aromatic carboxylic acids is 1. The summed E-state index contributed by atoms with van der Waals surface area (Å²) < 4.78 is 27.5. The SMILES string of the molecule is CC(Nc1ccc(C(=O)O)c(F)c1F)c1cccc(Cl)c1. The Morgan fingerprint density at radius 2 is 1.95 bits per heavy atom. The van der Waals surface area contributed by atoms with Gasteiger partial charge in [-0.3, -0.25) is 0 Å². The molecule has 0 saturated carbocycles. The molecule has 0 amide bonds. The molecule has 110 valence electrons. The Balaban J connectivity index is 2.28. The van der Waals surface area contributed by atoms with Crippen molar-refractivity contribution >= 4 is 23.3 Å². The summed E-state index contributed by atoms with van der Waals surface area (Å²) in [5.41, 5.74) is -0.0111. The molecule has 0 aliphatic carbocycles. The molecule has 0 aliphatic heterocycles. The smallest absolute Gasteiger partial charge is 0.338 e. The number of carbonyl (C=O) groups is 1. The normalized spacial score (nSPS) is 12.0. The maximum absolute atomic E-state index is 13.9. The molecule has 0 aliphatic rings. The molecule has 0 heterocycles. The van der Waals surface area contributed by atoms with Crippen LogP contribution < -0.4 is 5.32 Å². The van der Waals surface area contributed by atoms with Crippen LogP contribution in [0.3, 0.4) is 0 Å². The van der Waals surface area contributed by atoms with Gasteiger partial charge in [0.25, 0.3) is 0 Å². The molecule has 2 rings (SSSR count). The number of carboxylic acids is 1. The predicted octanol–water partition coefficient (Wildman–Crippen LogP) is 4.49. The van der Waals surface area contributed by atoms with Crippen LogP contribution in [0.2, 0.25) is 5.02 Å². The minimum Gasteiger partial charge on any atom is -0.478 e. The summed E-state index contributed by atoms with van der Waals surface area (Å²) in [6.45, 7) is 1.76. The highest BCUT2D eigenvalue weighted by Crippen LogP contribution is 2.26. The van der Waals surface area contributed by atoms with Gasteiger partial charge in [0.15, 0.2) is 11.6 Å². The van der Waals surface area contributed by atoms with Crippen molar-refractivity contribution in [3.63, 3.8) is 0 Å². The van der Waals surface area contributed by atoms with Crippen LogP contribution in [-0.2, 0) is 0 Å². The third kappa shape index (κ3) is 3.31. The van der Waals surface area contributed by atoms with E-state index in [9.17, 15) is 13.6 Å². The number of benzene rings is 2. The van der Waals surface area contributed by atoms with Gasteiger partial charge in [-0.2, -0.15) is 0 Å². The van der Waals surface area contributed by atoms with Gasteiger partial charge in [0, 0.05) is 11.1 Å². The maximum Gasteiger partial charge on any atom is 0.338 e. The zero-order valence-electron chi connectivity index (χ0n) is 11.0. The summed E-state index contributed by atoms with van der Waals surface area (Å²) in [5, 5.41) is 12.1. The van der Waals surface area contributed by atoms with Gasteiger partial charge >= 0.3 is 5.97 Å². The molecule has 0 fully saturated rings. The monoisotopic (exact) mass is 311 g/mol. The second kappa shape index (κ2) is 6.10. The topological polar surface area (TPSA) is 49.3 Å². The Kier molecular flexibility index (Phi) is 4.43. The number of hydrogen-bond donors (Lipinski definition) is 2. The van der Waals surface area contributed by atoms with E-state index in [4.69, 9.17) is 16.7 Å². The number of carboxylic acid groups (broad SMARTS) is 1. The van der Waals surface area contributed by atoms with Gasteiger partial charge in [-0.25, -0.2) is 13.6 Å². The van der Waals surface area contributed by atoms with Gasteiger partial charge in [0.1, 0.15) is 0 Å². The van der Waals surface area contributed by atoms with E-state index in [2.05, 4.69) is 5.32 Å². The molecule has 2 N–H and O–H groups in total. The van der Waals surface area contributed by atoms with Crippen LogP contribution in [0, 0.1) is 11.6 Å². The van der Waals surface area contributed by atoms with Crippen LogP contribution in [0.4, 0.5) is 14.5 Å². The van der Waals surface area contributed by atoms with E-state index in [1.54, 1.807) is 31.2 Å². The fourth-order valence-electron chi connectivity index (χ4n) is 1.92. The molecule has 0 radical (unpaired) electrons. The van der Waals surface area contributed by atoms with E-state index in [1.807, 2.05) is 0 Å². The third-order valence-electron chi connectivity index (χ3n) is 3.03. The summed E-state index contributed by atoms with van der Waals surface area (Å²) in [7, 11) is 0. The van der Waals surface area contributed by atoms with Gasteiger partial charge in [-0.15, -0.1) is 0 Å². The lowest BCUT2D eigenvalue weighted by atomic mass is 10.1. The fraction of sp³-hybridized carbons (Fsp3) is 0.133. The summed E-state index contributed by atoms with van der Waals surface area (Å²) in [6.07, 6.45) is 0. The number of nitrogens with one attached hydrogen (secondary N) is 1. The zero-order valence-corrected chi connectivity index (χ0v) is 11.8. The van der Waals surface area contributed by atoms with Gasteiger partial charge in [0.2, 0.25) is 0 Å². The summed E-state index contributed by atoms with van der Waals surface area (Å²) in [4.78, 5) is 10.7. The molecule has 0 spiro atoms. The molecular formula is C15H12ClF2NO2. The number of rotatable bonds is 4. The first-order chi connectivity index (χ1) is 9.90. The minimum atomic E-state index is -1.51. The second-order valence-corrected chi connectivity index (χ2v) is 4.95. The van der Waals surface area contributed by atoms with E-state index in [1.165, 1.54) is 6.07 Å². The first-order valence-electron chi connectivity index (χ1n) is 6.13. The van der Waals surface area contributed by atoms with Crippen LogP contribution in [0.25, 0.3) is 0 Å². The Bertz CT molecular complexity index is 691. The Labute approximate surface area is 125 Å². The number of anilines is 1. The molecule has 0 saturated heterocycles. The van der Waals surface area contributed by atoms with Crippen molar-refractivity contribution < 1.29 is 18.7 Å². The van der Waals surface area contributed by atoms with Gasteiger partial charge in [-0.1, -0.05) is 23.7 Å². The van der Waals surface area contributed by atoms with Gasteiger partial charge in [0.05, 0.1) is 11.3 Å². The molecular weight excluding hydrogens is 300 g/mol. The summed E-state index contributed by atoms with van der Waals surface area (Å²) in [5.74, 6) is -4.12. The van der Waals surface area contributed by atoms with Crippen molar-refractivity contribution in [2.24, 2.45) is 0 Å². The molecule has 6 heteroatoms. The van der Waals surface area contributed by atoms with Gasteiger partial charge in [-0.05, 0) is 36.8 Å². The summed E-state index contributed by atoms with van der Waals surface area (Å²) >= 11 is 5.88. The lowest BCUT2D eigenvalue weighted by Crippen LogP contribution is -2.11. The summed E-state index contributed by atoms with van der Waals surface area (Å²) in [6, 6.07) is 8.85. The average molecular weight is 312 g/mol. The Morgan fingerprint density at radius 3 is 2.57 bits per heavy atom. The first-order valence-corrected chi connectivity index (χ1v) is 6.51. The van der Waals surface area contributed by atoms with E-state index in [0.29, 0.717) is 5.02 Å². The van der Waals surface area contributed by atoms with Crippen LogP contribution in [-0.4, -0.2) is 11.1 Å². The third-order valence-corrected chi connectivity index (χ3v) is 3.27. The molecule has 1 atom stereocenters.